The predicted octanol–water partition coefficient (Wildman–Crippen LogP) is -3.88. The van der Waals surface area contributed by atoms with Gasteiger partial charge in [0.25, 0.3) is 0 Å². The van der Waals surface area contributed by atoms with Gasteiger partial charge in [-0.3, -0.25) is 4.44 Å². The fraction of sp³-hybridized carbons (Fsp3) is 0. The van der Waals surface area contributed by atoms with Gasteiger partial charge in [-0.05, 0) is 0 Å². The molecule has 4 N–H and O–H groups in total. The molecule has 0 unspecified atom stereocenters. The molecule has 54 valence electrons. The van der Waals surface area contributed by atoms with Crippen LogP contribution < -0.4 is 0 Å². The molecule has 0 spiro atoms. The Bertz CT molecular complexity index is 113. The van der Waals surface area contributed by atoms with Crippen LogP contribution >= 0.6 is 7.82 Å². The van der Waals surface area contributed by atoms with Gasteiger partial charge in [0.15, 0.2) is 0 Å². The maximum atomic E-state index is 9.59. The Morgan fingerprint density at radius 3 is 1.45 bits per heavy atom. The minimum atomic E-state index is -4.72. The number of rotatable bonds is 2. The van der Waals surface area contributed by atoms with E-state index in [9.17, 15) is 4.57 Å². The van der Waals surface area contributed by atoms with E-state index in [4.69, 9.17) is 19.8 Å². The van der Waals surface area contributed by atoms with Crippen molar-refractivity contribution >= 4 is 147 Å². The Labute approximate surface area is 171 Å². The molecule has 0 fully saturated rings. The molecule has 6 nitrogen and oxygen atoms in total. The van der Waals surface area contributed by atoms with Crippen molar-refractivity contribution in [3.63, 3.8) is 0 Å². The van der Waals surface area contributed by atoms with E-state index in [1.54, 1.807) is 0 Å². The van der Waals surface area contributed by atoms with Gasteiger partial charge in [0, 0.05) is 0 Å². The third-order valence-electron chi connectivity index (χ3n) is 0.232. The molecule has 0 aromatic rings. The summed E-state index contributed by atoms with van der Waals surface area (Å²) >= 11 is 0. The van der Waals surface area contributed by atoms with Crippen LogP contribution in [0.4, 0.5) is 0 Å². The molecular weight excluding hydrogens is 239 g/mol. The second-order valence-corrected chi connectivity index (χ2v) is 2.11. The van der Waals surface area contributed by atoms with Crippen LogP contribution in [0.5, 0.6) is 0 Å². The fourth-order valence-electron chi connectivity index (χ4n) is 0.123. The SMILES string of the molecule is O=P(O)(O)OB(O)O.[KH].[KH].[NaH]. The van der Waals surface area contributed by atoms with Crippen molar-refractivity contribution in [3.05, 3.63) is 0 Å². The summed E-state index contributed by atoms with van der Waals surface area (Å²) in [5.74, 6) is 0. The first-order valence-electron chi connectivity index (χ1n) is 1.52. The van der Waals surface area contributed by atoms with Gasteiger partial charge in [-0.1, -0.05) is 0 Å². The van der Waals surface area contributed by atoms with Gasteiger partial charge in [-0.25, -0.2) is 4.57 Å². The molecule has 0 aromatic heterocycles. The fourth-order valence-corrected chi connectivity index (χ4v) is 0.368. The Hall–Kier alpha value is 4.37. The van der Waals surface area contributed by atoms with E-state index in [0.29, 0.717) is 0 Å². The van der Waals surface area contributed by atoms with Gasteiger partial charge in [-0.2, -0.15) is 0 Å². The van der Waals surface area contributed by atoms with Crippen molar-refractivity contribution in [2.45, 2.75) is 0 Å². The molecule has 0 saturated heterocycles. The molecule has 0 bridgehead atoms. The first-order valence-corrected chi connectivity index (χ1v) is 3.05. The van der Waals surface area contributed by atoms with Crippen LogP contribution in [0.1, 0.15) is 0 Å². The van der Waals surface area contributed by atoms with E-state index in [0.717, 1.165) is 0 Å². The van der Waals surface area contributed by atoms with Crippen molar-refractivity contribution in [1.82, 2.24) is 0 Å². The zero-order valence-electron chi connectivity index (χ0n) is 3.63. The molecule has 0 aliphatic rings. The summed E-state index contributed by atoms with van der Waals surface area (Å²) in [6.45, 7) is 0. The standard InChI is InChI=1S/BH4O6P.2K.Na.3H/c2-1(3)7-8(4,5)6;;;;;;/h2-3H,(H2,4,5,6);;;;;;. The molecular formula is H7BK2NaO6P. The summed E-state index contributed by atoms with van der Waals surface area (Å²) in [5.41, 5.74) is 0. The van der Waals surface area contributed by atoms with Crippen LogP contribution in [0, 0.1) is 0 Å². The van der Waals surface area contributed by atoms with Crippen molar-refractivity contribution in [2.24, 2.45) is 0 Å². The normalized spacial score (nSPS) is 8.36. The van der Waals surface area contributed by atoms with Gasteiger partial charge in [0.1, 0.15) is 0 Å². The van der Waals surface area contributed by atoms with Crippen molar-refractivity contribution in [3.8, 4) is 0 Å². The molecule has 0 atom stereocenters. The third-order valence-corrected chi connectivity index (χ3v) is 0.695. The van der Waals surface area contributed by atoms with Gasteiger partial charge < -0.3 is 19.8 Å². The molecule has 0 radical (unpaired) electrons. The Morgan fingerprint density at radius 2 is 1.45 bits per heavy atom. The van der Waals surface area contributed by atoms with Gasteiger partial charge >= 0.3 is 147 Å². The van der Waals surface area contributed by atoms with Crippen molar-refractivity contribution < 1.29 is 28.8 Å². The van der Waals surface area contributed by atoms with Gasteiger partial charge in [0.2, 0.25) is 0 Å². The first kappa shape index (κ1) is 24.5. The Kier molecular flexibility index (Phi) is 27.8. The monoisotopic (exact) mass is 246 g/mol. The van der Waals surface area contributed by atoms with Crippen LogP contribution in [0.15, 0.2) is 0 Å². The summed E-state index contributed by atoms with van der Waals surface area (Å²) in [6, 6.07) is 0. The number of hydrogen-bond acceptors (Lipinski definition) is 4. The van der Waals surface area contributed by atoms with Crippen LogP contribution in [0.25, 0.3) is 0 Å². The number of phosphoric acid groups is 1. The quantitative estimate of drug-likeness (QED) is 0.293. The first-order chi connectivity index (χ1) is 3.42. The van der Waals surface area contributed by atoms with Crippen molar-refractivity contribution in [2.75, 3.05) is 0 Å². The topological polar surface area (TPSA) is 107 Å². The van der Waals surface area contributed by atoms with Crippen LogP contribution in [0.3, 0.4) is 0 Å². The second kappa shape index (κ2) is 12.4. The minimum absolute atomic E-state index is 0. The maximum absolute atomic E-state index is 9.59. The zero-order valence-corrected chi connectivity index (χ0v) is 4.52. The van der Waals surface area contributed by atoms with Gasteiger partial charge in [-0.15, -0.1) is 0 Å². The zero-order chi connectivity index (χ0) is 6.78. The molecule has 0 aliphatic heterocycles. The Balaban J connectivity index is -0.0000000817. The average Bonchev–Trinajstić information content (AvgIpc) is 1.21. The van der Waals surface area contributed by atoms with E-state index in [1.165, 1.54) is 0 Å². The summed E-state index contributed by atoms with van der Waals surface area (Å²) in [6.07, 6.45) is 0. The summed E-state index contributed by atoms with van der Waals surface area (Å²) in [4.78, 5) is 15.5. The van der Waals surface area contributed by atoms with Crippen LogP contribution in [-0.4, -0.2) is 159 Å². The number of hydrogen-bond donors (Lipinski definition) is 4. The molecule has 11 heavy (non-hydrogen) atoms. The second-order valence-electron chi connectivity index (χ2n) is 0.922. The molecule has 0 aliphatic carbocycles. The Morgan fingerprint density at radius 1 is 1.18 bits per heavy atom. The third kappa shape index (κ3) is 25.0. The van der Waals surface area contributed by atoms with E-state index in [2.05, 4.69) is 4.44 Å². The summed E-state index contributed by atoms with van der Waals surface area (Å²) in [7, 11) is -7.14. The molecule has 0 rings (SSSR count). The molecule has 0 saturated carbocycles. The molecule has 0 heterocycles. The predicted molar refractivity (Wildman–Crippen MR) is 44.8 cm³/mol. The molecule has 11 heteroatoms. The van der Waals surface area contributed by atoms with E-state index in [1.807, 2.05) is 0 Å². The van der Waals surface area contributed by atoms with E-state index < -0.39 is 15.1 Å². The molecule has 0 amide bonds. The van der Waals surface area contributed by atoms with Crippen LogP contribution in [0.2, 0.25) is 0 Å². The van der Waals surface area contributed by atoms with Gasteiger partial charge in [0.05, 0.1) is 0 Å². The summed E-state index contributed by atoms with van der Waals surface area (Å²) < 4.78 is 12.8. The summed E-state index contributed by atoms with van der Waals surface area (Å²) in [5, 5.41) is 15.5. The molecule has 0 aromatic carbocycles. The van der Waals surface area contributed by atoms with E-state index in [-0.39, 0.29) is 132 Å². The average molecular weight is 246 g/mol. The van der Waals surface area contributed by atoms with E-state index >= 15 is 0 Å². The van der Waals surface area contributed by atoms with Crippen molar-refractivity contribution in [1.29, 1.82) is 0 Å². The van der Waals surface area contributed by atoms with Crippen LogP contribution in [-0.2, 0) is 9.01 Å².